The van der Waals surface area contributed by atoms with Crippen LogP contribution in [0.4, 0.5) is 0 Å². The number of methoxy groups -OCH3 is 1. The van der Waals surface area contributed by atoms with Crippen molar-refractivity contribution in [1.29, 1.82) is 0 Å². The number of aromatic nitrogens is 2. The lowest BCUT2D eigenvalue weighted by atomic mass is 10.1. The van der Waals surface area contributed by atoms with Gasteiger partial charge in [0.05, 0.1) is 17.8 Å². The van der Waals surface area contributed by atoms with E-state index < -0.39 is 0 Å². The molecule has 0 saturated carbocycles. The highest BCUT2D eigenvalue weighted by atomic mass is 79.9. The third-order valence-corrected chi connectivity index (χ3v) is 3.02. The highest BCUT2D eigenvalue weighted by Gasteiger charge is 2.17. The van der Waals surface area contributed by atoms with E-state index in [-0.39, 0.29) is 5.78 Å². The Kier molecular flexibility index (Phi) is 3.28. The van der Waals surface area contributed by atoms with Crippen molar-refractivity contribution in [2.24, 2.45) is 7.05 Å². The summed E-state index contributed by atoms with van der Waals surface area (Å²) in [6, 6.07) is 7.05. The SMILES string of the molecule is COc1cccc(C(=O)c2c(Br)cnn2C)c1. The number of aryl methyl sites for hydroxylation is 1. The number of hydrogen-bond donors (Lipinski definition) is 0. The molecule has 2 rings (SSSR count). The Balaban J connectivity index is 2.44. The van der Waals surface area contributed by atoms with Gasteiger partial charge in [-0.1, -0.05) is 12.1 Å². The van der Waals surface area contributed by atoms with E-state index in [2.05, 4.69) is 21.0 Å². The quantitative estimate of drug-likeness (QED) is 0.817. The minimum atomic E-state index is -0.0872. The van der Waals surface area contributed by atoms with Crippen LogP contribution in [0.25, 0.3) is 0 Å². The Morgan fingerprint density at radius 1 is 1.47 bits per heavy atom. The number of carbonyl (C=O) groups excluding carboxylic acids is 1. The minimum Gasteiger partial charge on any atom is -0.497 e. The molecular weight excluding hydrogens is 284 g/mol. The average Bonchev–Trinajstić information content (AvgIpc) is 2.68. The first kappa shape index (κ1) is 11.9. The second-order valence-corrected chi connectivity index (χ2v) is 4.38. The van der Waals surface area contributed by atoms with E-state index >= 15 is 0 Å². The van der Waals surface area contributed by atoms with E-state index in [4.69, 9.17) is 4.74 Å². The molecule has 0 aliphatic rings. The molecule has 0 aliphatic heterocycles. The molecular formula is C12H11BrN2O2. The summed E-state index contributed by atoms with van der Waals surface area (Å²) in [5.41, 5.74) is 1.10. The number of hydrogen-bond acceptors (Lipinski definition) is 3. The molecule has 1 aromatic carbocycles. The minimum absolute atomic E-state index is 0.0872. The lowest BCUT2D eigenvalue weighted by Crippen LogP contribution is -2.09. The second-order valence-electron chi connectivity index (χ2n) is 3.53. The average molecular weight is 295 g/mol. The maximum Gasteiger partial charge on any atom is 0.212 e. The summed E-state index contributed by atoms with van der Waals surface area (Å²) in [4.78, 5) is 12.3. The van der Waals surface area contributed by atoms with Crippen molar-refractivity contribution in [2.45, 2.75) is 0 Å². The highest BCUT2D eigenvalue weighted by Crippen LogP contribution is 2.21. The third kappa shape index (κ3) is 2.24. The van der Waals surface area contributed by atoms with Crippen LogP contribution < -0.4 is 4.74 Å². The van der Waals surface area contributed by atoms with Crippen molar-refractivity contribution in [1.82, 2.24) is 9.78 Å². The van der Waals surface area contributed by atoms with Crippen LogP contribution in [0.3, 0.4) is 0 Å². The first-order chi connectivity index (χ1) is 8.13. The zero-order valence-corrected chi connectivity index (χ0v) is 11.1. The molecule has 0 unspecified atom stereocenters. The van der Waals surface area contributed by atoms with Gasteiger partial charge < -0.3 is 4.74 Å². The second kappa shape index (κ2) is 4.71. The van der Waals surface area contributed by atoms with Gasteiger partial charge in [0.2, 0.25) is 5.78 Å². The molecule has 1 aromatic heterocycles. The summed E-state index contributed by atoms with van der Waals surface area (Å²) in [5, 5.41) is 4.02. The van der Waals surface area contributed by atoms with Crippen molar-refractivity contribution >= 4 is 21.7 Å². The lowest BCUT2D eigenvalue weighted by molar-refractivity contribution is 0.102. The van der Waals surface area contributed by atoms with Gasteiger partial charge in [-0.2, -0.15) is 5.10 Å². The van der Waals surface area contributed by atoms with Gasteiger partial charge in [-0.15, -0.1) is 0 Å². The molecule has 1 heterocycles. The van der Waals surface area contributed by atoms with Crippen molar-refractivity contribution in [3.05, 3.63) is 46.2 Å². The fourth-order valence-electron chi connectivity index (χ4n) is 1.57. The molecule has 4 nitrogen and oxygen atoms in total. The maximum atomic E-state index is 12.3. The van der Waals surface area contributed by atoms with Gasteiger partial charge >= 0.3 is 0 Å². The fourth-order valence-corrected chi connectivity index (χ4v) is 2.10. The van der Waals surface area contributed by atoms with Crippen LogP contribution in [0.15, 0.2) is 34.9 Å². The molecule has 0 aliphatic carbocycles. The molecule has 2 aromatic rings. The number of carbonyl (C=O) groups is 1. The van der Waals surface area contributed by atoms with E-state index in [9.17, 15) is 4.79 Å². The predicted molar refractivity (Wildman–Crippen MR) is 67.3 cm³/mol. The number of nitrogens with zero attached hydrogens (tertiary/aromatic N) is 2. The van der Waals surface area contributed by atoms with Crippen molar-refractivity contribution in [2.75, 3.05) is 7.11 Å². The van der Waals surface area contributed by atoms with Crippen molar-refractivity contribution in [3.8, 4) is 5.75 Å². The zero-order valence-electron chi connectivity index (χ0n) is 9.48. The summed E-state index contributed by atoms with van der Waals surface area (Å²) >= 11 is 3.32. The van der Waals surface area contributed by atoms with Crippen LogP contribution in [-0.2, 0) is 7.05 Å². The van der Waals surface area contributed by atoms with Crippen LogP contribution in [-0.4, -0.2) is 22.7 Å². The molecule has 0 spiro atoms. The summed E-state index contributed by atoms with van der Waals surface area (Å²) in [5.74, 6) is 0.574. The van der Waals surface area contributed by atoms with Crippen LogP contribution >= 0.6 is 15.9 Å². The number of ketones is 1. The molecule has 88 valence electrons. The molecule has 0 saturated heterocycles. The van der Waals surface area contributed by atoms with E-state index in [1.807, 2.05) is 0 Å². The smallest absolute Gasteiger partial charge is 0.212 e. The first-order valence-corrected chi connectivity index (χ1v) is 5.79. The van der Waals surface area contributed by atoms with Gasteiger partial charge in [0.15, 0.2) is 0 Å². The largest absolute Gasteiger partial charge is 0.497 e. The number of ether oxygens (including phenoxy) is 1. The first-order valence-electron chi connectivity index (χ1n) is 4.99. The van der Waals surface area contributed by atoms with Crippen molar-refractivity contribution < 1.29 is 9.53 Å². The zero-order chi connectivity index (χ0) is 12.4. The van der Waals surface area contributed by atoms with Crippen LogP contribution in [0.1, 0.15) is 16.1 Å². The van der Waals surface area contributed by atoms with Gasteiger partial charge in [-0.05, 0) is 28.1 Å². The maximum absolute atomic E-state index is 12.3. The Bertz CT molecular complexity index is 544. The molecule has 0 fully saturated rings. The lowest BCUT2D eigenvalue weighted by Gasteiger charge is -2.04. The van der Waals surface area contributed by atoms with Crippen LogP contribution in [0.2, 0.25) is 0 Å². The third-order valence-electron chi connectivity index (χ3n) is 2.44. The highest BCUT2D eigenvalue weighted by molar-refractivity contribution is 9.10. The molecule has 0 atom stereocenters. The summed E-state index contributed by atoms with van der Waals surface area (Å²) in [7, 11) is 3.31. The van der Waals surface area contributed by atoms with Gasteiger partial charge in [-0.3, -0.25) is 9.48 Å². The number of rotatable bonds is 3. The van der Waals surface area contributed by atoms with Gasteiger partial charge in [0, 0.05) is 12.6 Å². The molecule has 0 N–H and O–H groups in total. The summed E-state index contributed by atoms with van der Waals surface area (Å²) < 4.78 is 7.33. The monoisotopic (exact) mass is 294 g/mol. The summed E-state index contributed by atoms with van der Waals surface area (Å²) in [6.07, 6.45) is 1.60. The Morgan fingerprint density at radius 2 is 2.24 bits per heavy atom. The van der Waals surface area contributed by atoms with Gasteiger partial charge in [-0.25, -0.2) is 0 Å². The molecule has 17 heavy (non-hydrogen) atoms. The van der Waals surface area contributed by atoms with E-state index in [0.717, 1.165) is 0 Å². The van der Waals surface area contributed by atoms with Crippen molar-refractivity contribution in [3.63, 3.8) is 0 Å². The Labute approximate surface area is 107 Å². The molecule has 5 heteroatoms. The van der Waals surface area contributed by atoms with E-state index in [1.165, 1.54) is 0 Å². The Hall–Kier alpha value is -1.62. The van der Waals surface area contributed by atoms with Crippen LogP contribution in [0.5, 0.6) is 5.75 Å². The molecule has 0 amide bonds. The molecule has 0 bridgehead atoms. The molecule has 0 radical (unpaired) electrons. The fraction of sp³-hybridized carbons (Fsp3) is 0.167. The number of benzene rings is 1. The number of halogens is 1. The summed E-state index contributed by atoms with van der Waals surface area (Å²) in [6.45, 7) is 0. The van der Waals surface area contributed by atoms with Gasteiger partial charge in [0.25, 0.3) is 0 Å². The predicted octanol–water partition coefficient (Wildman–Crippen LogP) is 2.42. The van der Waals surface area contributed by atoms with E-state index in [0.29, 0.717) is 21.5 Å². The Morgan fingerprint density at radius 3 is 2.82 bits per heavy atom. The normalized spacial score (nSPS) is 10.3. The topological polar surface area (TPSA) is 44.1 Å². The van der Waals surface area contributed by atoms with E-state index in [1.54, 1.807) is 49.3 Å². The standard InChI is InChI=1S/C12H11BrN2O2/c1-15-11(10(13)7-14-15)12(16)8-4-3-5-9(6-8)17-2/h3-7H,1-2H3. The van der Waals surface area contributed by atoms with Gasteiger partial charge in [0.1, 0.15) is 11.4 Å². The van der Waals surface area contributed by atoms with Crippen LogP contribution in [0, 0.1) is 0 Å².